The number of carbonyl (C=O) groups excluding carboxylic acids is 2. The van der Waals surface area contributed by atoms with Crippen LogP contribution in [0.4, 0.5) is 5.82 Å². The molecule has 0 aliphatic carbocycles. The van der Waals surface area contributed by atoms with Crippen molar-refractivity contribution in [3.63, 3.8) is 0 Å². The number of piperidine rings is 1. The predicted octanol–water partition coefficient (Wildman–Crippen LogP) is 5.32. The molecule has 1 amide bonds. The van der Waals surface area contributed by atoms with Crippen molar-refractivity contribution in [3.8, 4) is 0 Å². The first-order valence-corrected chi connectivity index (χ1v) is 13.2. The van der Waals surface area contributed by atoms with Crippen molar-refractivity contribution in [3.05, 3.63) is 40.3 Å². The zero-order valence-corrected chi connectivity index (χ0v) is 21.6. The lowest BCUT2D eigenvalue weighted by Gasteiger charge is -2.32. The zero-order valence-electron chi connectivity index (χ0n) is 20.0. The van der Waals surface area contributed by atoms with Crippen molar-refractivity contribution in [2.24, 2.45) is 5.92 Å². The van der Waals surface area contributed by atoms with Crippen LogP contribution in [0.3, 0.4) is 0 Å². The summed E-state index contributed by atoms with van der Waals surface area (Å²) < 4.78 is 5.84. The summed E-state index contributed by atoms with van der Waals surface area (Å²) in [6, 6.07) is 8.32. The molecule has 1 aromatic carbocycles. The van der Waals surface area contributed by atoms with Gasteiger partial charge in [-0.15, -0.1) is 0 Å². The highest BCUT2D eigenvalue weighted by Crippen LogP contribution is 2.36. The first-order valence-electron chi connectivity index (χ1n) is 12.0. The minimum Gasteiger partial charge on any atom is -0.466 e. The van der Waals surface area contributed by atoms with E-state index in [4.69, 9.17) is 21.9 Å². The van der Waals surface area contributed by atoms with Gasteiger partial charge in [-0.1, -0.05) is 49.0 Å². The largest absolute Gasteiger partial charge is 0.466 e. The van der Waals surface area contributed by atoms with E-state index in [2.05, 4.69) is 36.9 Å². The number of aromatic nitrogens is 1. The standard InChI is InChI=1S/C26H31N3O3S2/c1-4-6-11-29-24(30)22(34-26(29)33)16-20-15-19-14-17(3)7-8-21(19)27-23(20)28-12-9-18(10-13-28)25(31)32-5-2/h7-8,14-16,18H,4-6,9-13H2,1-3H3/b22-16-. The van der Waals surface area contributed by atoms with Crippen LogP contribution in [0.2, 0.25) is 0 Å². The average molecular weight is 498 g/mol. The van der Waals surface area contributed by atoms with E-state index in [0.29, 0.717) is 35.5 Å². The Hall–Kier alpha value is -2.45. The molecule has 180 valence electrons. The Morgan fingerprint density at radius 3 is 2.74 bits per heavy atom. The highest BCUT2D eigenvalue weighted by atomic mass is 32.2. The number of thioether (sulfide) groups is 1. The van der Waals surface area contributed by atoms with E-state index in [1.165, 1.54) is 11.8 Å². The van der Waals surface area contributed by atoms with E-state index in [0.717, 1.165) is 53.5 Å². The van der Waals surface area contributed by atoms with E-state index < -0.39 is 0 Å². The molecule has 1 aromatic heterocycles. The number of pyridine rings is 1. The van der Waals surface area contributed by atoms with E-state index >= 15 is 0 Å². The number of thiocarbonyl (C=S) groups is 1. The third-order valence-corrected chi connectivity index (χ3v) is 7.67. The first kappa shape index (κ1) is 24.7. The quantitative estimate of drug-likeness (QED) is 0.291. The second kappa shape index (κ2) is 10.9. The third-order valence-electron chi connectivity index (χ3n) is 6.29. The molecular formula is C26H31N3O3S2. The Balaban J connectivity index is 1.67. The van der Waals surface area contributed by atoms with E-state index in [1.807, 2.05) is 19.1 Å². The van der Waals surface area contributed by atoms with Gasteiger partial charge in [-0.25, -0.2) is 4.98 Å². The number of nitrogens with zero attached hydrogens (tertiary/aromatic N) is 3. The van der Waals surface area contributed by atoms with Gasteiger partial charge in [0.1, 0.15) is 10.1 Å². The Morgan fingerprint density at radius 1 is 1.26 bits per heavy atom. The number of fused-ring (bicyclic) bond motifs is 1. The number of unbranched alkanes of at least 4 members (excludes halogenated alkanes) is 1. The topological polar surface area (TPSA) is 62.7 Å². The maximum atomic E-state index is 13.1. The molecular weight excluding hydrogens is 466 g/mol. The van der Waals surface area contributed by atoms with Gasteiger partial charge in [0.25, 0.3) is 5.91 Å². The van der Waals surface area contributed by atoms with Crippen LogP contribution in [0.15, 0.2) is 29.2 Å². The van der Waals surface area contributed by atoms with Gasteiger partial charge in [0.15, 0.2) is 0 Å². The van der Waals surface area contributed by atoms with Gasteiger partial charge in [0.2, 0.25) is 0 Å². The van der Waals surface area contributed by atoms with Crippen molar-refractivity contribution < 1.29 is 14.3 Å². The maximum Gasteiger partial charge on any atom is 0.309 e. The summed E-state index contributed by atoms with van der Waals surface area (Å²) in [4.78, 5) is 34.8. The van der Waals surface area contributed by atoms with Crippen molar-refractivity contribution >= 4 is 63.0 Å². The number of ether oxygens (including phenoxy) is 1. The number of carbonyl (C=O) groups is 2. The van der Waals surface area contributed by atoms with Gasteiger partial charge < -0.3 is 9.64 Å². The van der Waals surface area contributed by atoms with E-state index in [-0.39, 0.29) is 17.8 Å². The zero-order chi connectivity index (χ0) is 24.2. The molecule has 0 atom stereocenters. The minimum absolute atomic E-state index is 0.0280. The number of esters is 1. The molecule has 8 heteroatoms. The van der Waals surface area contributed by atoms with Gasteiger partial charge in [0.05, 0.1) is 22.9 Å². The second-order valence-electron chi connectivity index (χ2n) is 8.80. The summed E-state index contributed by atoms with van der Waals surface area (Å²) in [6.45, 7) is 8.50. The Bertz CT molecular complexity index is 1140. The molecule has 2 saturated heterocycles. The van der Waals surface area contributed by atoms with Crippen molar-refractivity contribution in [1.82, 2.24) is 9.88 Å². The molecule has 0 N–H and O–H groups in total. The number of benzene rings is 1. The smallest absolute Gasteiger partial charge is 0.309 e. The fourth-order valence-corrected chi connectivity index (χ4v) is 5.70. The van der Waals surface area contributed by atoms with Crippen LogP contribution < -0.4 is 4.90 Å². The van der Waals surface area contributed by atoms with Crippen LogP contribution in [0.1, 0.15) is 50.7 Å². The van der Waals surface area contributed by atoms with Gasteiger partial charge in [-0.3, -0.25) is 14.5 Å². The molecule has 2 fully saturated rings. The highest BCUT2D eigenvalue weighted by molar-refractivity contribution is 8.26. The van der Waals surface area contributed by atoms with Crippen molar-refractivity contribution in [2.75, 3.05) is 31.1 Å². The lowest BCUT2D eigenvalue weighted by molar-refractivity contribution is -0.148. The monoisotopic (exact) mass is 497 g/mol. The molecule has 0 spiro atoms. The fraction of sp³-hybridized carbons (Fsp3) is 0.462. The number of amides is 1. The maximum absolute atomic E-state index is 13.1. The summed E-state index contributed by atoms with van der Waals surface area (Å²) in [5.41, 5.74) is 2.98. The number of hydrogen-bond acceptors (Lipinski definition) is 7. The van der Waals surface area contributed by atoms with Gasteiger partial charge >= 0.3 is 5.97 Å². The molecule has 0 radical (unpaired) electrons. The van der Waals surface area contributed by atoms with Crippen molar-refractivity contribution in [2.45, 2.75) is 46.5 Å². The van der Waals surface area contributed by atoms with Crippen LogP contribution >= 0.6 is 24.0 Å². The molecule has 2 aromatic rings. The third kappa shape index (κ3) is 5.28. The van der Waals surface area contributed by atoms with Crippen LogP contribution in [-0.4, -0.2) is 52.3 Å². The number of aryl methyl sites for hydroxylation is 1. The van der Waals surface area contributed by atoms with Crippen LogP contribution in [-0.2, 0) is 14.3 Å². The first-order chi connectivity index (χ1) is 16.4. The SMILES string of the molecule is CCCCN1C(=O)/C(=C/c2cc3cc(C)ccc3nc2N2CCC(C(=O)OCC)CC2)SC1=S. The van der Waals surface area contributed by atoms with Crippen LogP contribution in [0, 0.1) is 12.8 Å². The van der Waals surface area contributed by atoms with Gasteiger partial charge in [-0.05, 0) is 57.4 Å². The molecule has 0 saturated carbocycles. The minimum atomic E-state index is -0.111. The summed E-state index contributed by atoms with van der Waals surface area (Å²) in [6.07, 6.45) is 5.33. The molecule has 2 aliphatic rings. The summed E-state index contributed by atoms with van der Waals surface area (Å²) >= 11 is 6.85. The van der Waals surface area contributed by atoms with Gasteiger partial charge in [-0.2, -0.15) is 0 Å². The molecule has 6 nitrogen and oxygen atoms in total. The summed E-state index contributed by atoms with van der Waals surface area (Å²) in [5.74, 6) is 0.634. The lowest BCUT2D eigenvalue weighted by atomic mass is 9.96. The normalized spacial score (nSPS) is 18.4. The second-order valence-corrected chi connectivity index (χ2v) is 10.5. The Kier molecular flexibility index (Phi) is 7.88. The Labute approximate surface area is 210 Å². The van der Waals surface area contributed by atoms with E-state index in [1.54, 1.807) is 4.90 Å². The average Bonchev–Trinajstić information content (AvgIpc) is 3.09. The summed E-state index contributed by atoms with van der Waals surface area (Å²) in [5, 5.41) is 1.04. The predicted molar refractivity (Wildman–Crippen MR) is 143 cm³/mol. The summed E-state index contributed by atoms with van der Waals surface area (Å²) in [7, 11) is 0. The van der Waals surface area contributed by atoms with Crippen LogP contribution in [0.5, 0.6) is 0 Å². The molecule has 4 rings (SSSR count). The molecule has 2 aliphatic heterocycles. The van der Waals surface area contributed by atoms with Crippen molar-refractivity contribution in [1.29, 1.82) is 0 Å². The highest BCUT2D eigenvalue weighted by Gasteiger charge is 2.32. The molecule has 34 heavy (non-hydrogen) atoms. The number of anilines is 1. The molecule has 3 heterocycles. The van der Waals surface area contributed by atoms with E-state index in [9.17, 15) is 9.59 Å². The van der Waals surface area contributed by atoms with Crippen LogP contribution in [0.25, 0.3) is 17.0 Å². The van der Waals surface area contributed by atoms with Gasteiger partial charge in [0, 0.05) is 30.6 Å². The fourth-order valence-electron chi connectivity index (χ4n) is 4.40. The number of hydrogen-bond donors (Lipinski definition) is 0. The number of rotatable bonds is 7. The lowest BCUT2D eigenvalue weighted by Crippen LogP contribution is -2.37. The molecule has 0 bridgehead atoms. The Morgan fingerprint density at radius 2 is 2.03 bits per heavy atom. The molecule has 0 unspecified atom stereocenters.